The number of rotatable bonds is 2. The molecule has 104 valence electrons. The number of methoxy groups -OCH3 is 1. The molecule has 1 aliphatic rings. The fourth-order valence-corrected chi connectivity index (χ4v) is 2.77. The third-order valence-corrected chi connectivity index (χ3v) is 3.99. The Hall–Kier alpha value is -1.87. The molecule has 0 aromatic heterocycles. The molecule has 1 atom stereocenters. The highest BCUT2D eigenvalue weighted by Crippen LogP contribution is 2.35. The van der Waals surface area contributed by atoms with Crippen LogP contribution in [-0.2, 0) is 15.1 Å². The smallest absolute Gasteiger partial charge is 0.138 e. The Labute approximate surface area is 118 Å². The van der Waals surface area contributed by atoms with Gasteiger partial charge >= 0.3 is 0 Å². The number of carbonyl (C=O) groups excluding carboxylic acids is 1. The molecule has 0 bridgehead atoms. The van der Waals surface area contributed by atoms with Crippen molar-refractivity contribution in [3.05, 3.63) is 42.0 Å². The Morgan fingerprint density at radius 1 is 1.15 bits per heavy atom. The maximum absolute atomic E-state index is 11.7. The molecule has 1 saturated heterocycles. The van der Waals surface area contributed by atoms with E-state index in [0.717, 1.165) is 22.1 Å². The molecule has 1 fully saturated rings. The second-order valence-electron chi connectivity index (χ2n) is 5.47. The van der Waals surface area contributed by atoms with Crippen LogP contribution in [0.15, 0.2) is 36.4 Å². The molecular formula is C17H18O3. The second kappa shape index (κ2) is 4.91. The first kappa shape index (κ1) is 13.1. The third kappa shape index (κ3) is 2.29. The van der Waals surface area contributed by atoms with Crippen LogP contribution in [0.5, 0.6) is 5.75 Å². The molecule has 0 saturated carbocycles. The monoisotopic (exact) mass is 270 g/mol. The highest BCUT2D eigenvalue weighted by Gasteiger charge is 2.34. The molecule has 0 spiro atoms. The maximum atomic E-state index is 11.7. The lowest BCUT2D eigenvalue weighted by Crippen LogP contribution is -2.34. The summed E-state index contributed by atoms with van der Waals surface area (Å²) in [5.41, 5.74) is 0.562. The van der Waals surface area contributed by atoms with E-state index in [4.69, 9.17) is 9.47 Å². The first-order valence-corrected chi connectivity index (χ1v) is 6.85. The Morgan fingerprint density at radius 3 is 2.65 bits per heavy atom. The number of ether oxygens (including phenoxy) is 2. The highest BCUT2D eigenvalue weighted by molar-refractivity contribution is 5.85. The summed E-state index contributed by atoms with van der Waals surface area (Å²) in [7, 11) is 1.66. The molecule has 0 amide bonds. The third-order valence-electron chi connectivity index (χ3n) is 3.99. The lowest BCUT2D eigenvalue weighted by atomic mass is 9.86. The van der Waals surface area contributed by atoms with Gasteiger partial charge in [0.05, 0.1) is 19.3 Å². The van der Waals surface area contributed by atoms with Crippen LogP contribution in [0, 0.1) is 0 Å². The molecular weight excluding hydrogens is 252 g/mol. The molecule has 2 aromatic carbocycles. The molecule has 1 heterocycles. The van der Waals surface area contributed by atoms with Gasteiger partial charge in [-0.1, -0.05) is 18.2 Å². The lowest BCUT2D eigenvalue weighted by molar-refractivity contribution is -0.138. The van der Waals surface area contributed by atoms with E-state index in [9.17, 15) is 4.79 Å². The molecule has 0 radical (unpaired) electrons. The number of fused-ring (bicyclic) bond motifs is 1. The zero-order chi connectivity index (χ0) is 14.2. The van der Waals surface area contributed by atoms with Crippen molar-refractivity contribution in [1.29, 1.82) is 0 Å². The first-order valence-electron chi connectivity index (χ1n) is 6.85. The predicted octanol–water partition coefficient (Wildman–Crippen LogP) is 3.44. The first-order chi connectivity index (χ1) is 9.60. The molecule has 0 aliphatic carbocycles. The van der Waals surface area contributed by atoms with Crippen LogP contribution in [0.25, 0.3) is 10.8 Å². The minimum atomic E-state index is -0.497. The van der Waals surface area contributed by atoms with E-state index in [1.807, 2.05) is 31.2 Å². The van der Waals surface area contributed by atoms with Crippen molar-refractivity contribution in [1.82, 2.24) is 0 Å². The molecule has 3 heteroatoms. The zero-order valence-electron chi connectivity index (χ0n) is 11.8. The van der Waals surface area contributed by atoms with E-state index in [1.165, 1.54) is 0 Å². The fraction of sp³-hybridized carbons (Fsp3) is 0.353. The highest BCUT2D eigenvalue weighted by atomic mass is 16.5. The van der Waals surface area contributed by atoms with E-state index >= 15 is 0 Å². The van der Waals surface area contributed by atoms with Crippen LogP contribution in [0.1, 0.15) is 25.3 Å². The SMILES string of the molecule is COc1ccc2cc(C3(C)CC(=O)CCO3)ccc2c1. The normalized spacial score (nSPS) is 23.0. The molecule has 20 heavy (non-hydrogen) atoms. The van der Waals surface area contributed by atoms with E-state index < -0.39 is 5.60 Å². The van der Waals surface area contributed by atoms with Crippen molar-refractivity contribution < 1.29 is 14.3 Å². The number of ketones is 1. The Balaban J connectivity index is 2.02. The van der Waals surface area contributed by atoms with E-state index in [2.05, 4.69) is 12.1 Å². The summed E-state index contributed by atoms with van der Waals surface area (Å²) in [6.45, 7) is 2.50. The van der Waals surface area contributed by atoms with Crippen LogP contribution >= 0.6 is 0 Å². The van der Waals surface area contributed by atoms with Crippen LogP contribution in [0.3, 0.4) is 0 Å². The van der Waals surface area contributed by atoms with Gasteiger partial charge in [0.2, 0.25) is 0 Å². The molecule has 3 rings (SSSR count). The van der Waals surface area contributed by atoms with Crippen molar-refractivity contribution in [2.45, 2.75) is 25.4 Å². The molecule has 1 aliphatic heterocycles. The number of Topliss-reactive ketones (excluding diaryl/α,β-unsaturated/α-hetero) is 1. The quantitative estimate of drug-likeness (QED) is 0.838. The van der Waals surface area contributed by atoms with Crippen LogP contribution in [-0.4, -0.2) is 19.5 Å². The minimum Gasteiger partial charge on any atom is -0.497 e. The molecule has 0 N–H and O–H groups in total. The average molecular weight is 270 g/mol. The van der Waals surface area contributed by atoms with Gasteiger partial charge in [-0.25, -0.2) is 0 Å². The summed E-state index contributed by atoms with van der Waals surface area (Å²) < 4.78 is 11.1. The number of benzene rings is 2. The van der Waals surface area contributed by atoms with Crippen molar-refractivity contribution in [2.75, 3.05) is 13.7 Å². The van der Waals surface area contributed by atoms with Gasteiger partial charge in [0.15, 0.2) is 0 Å². The fourth-order valence-electron chi connectivity index (χ4n) is 2.77. The summed E-state index contributed by atoms with van der Waals surface area (Å²) in [4.78, 5) is 11.7. The van der Waals surface area contributed by atoms with Gasteiger partial charge in [-0.05, 0) is 41.5 Å². The number of hydrogen-bond donors (Lipinski definition) is 0. The van der Waals surface area contributed by atoms with Gasteiger partial charge in [0, 0.05) is 12.8 Å². The predicted molar refractivity (Wildman–Crippen MR) is 78.0 cm³/mol. The summed E-state index contributed by atoms with van der Waals surface area (Å²) in [6, 6.07) is 12.2. The summed E-state index contributed by atoms with van der Waals surface area (Å²) in [5, 5.41) is 2.25. The van der Waals surface area contributed by atoms with Crippen LogP contribution in [0.2, 0.25) is 0 Å². The van der Waals surface area contributed by atoms with E-state index in [-0.39, 0.29) is 5.78 Å². The van der Waals surface area contributed by atoms with Gasteiger partial charge in [0.1, 0.15) is 11.5 Å². The van der Waals surface area contributed by atoms with Gasteiger partial charge in [-0.15, -0.1) is 0 Å². The summed E-state index contributed by atoms with van der Waals surface area (Å²) in [5.74, 6) is 1.12. The maximum Gasteiger partial charge on any atom is 0.138 e. The largest absolute Gasteiger partial charge is 0.497 e. The van der Waals surface area contributed by atoms with Gasteiger partial charge in [0.25, 0.3) is 0 Å². The second-order valence-corrected chi connectivity index (χ2v) is 5.47. The van der Waals surface area contributed by atoms with Crippen molar-refractivity contribution in [3.8, 4) is 5.75 Å². The zero-order valence-corrected chi connectivity index (χ0v) is 11.8. The van der Waals surface area contributed by atoms with Crippen LogP contribution < -0.4 is 4.74 Å². The van der Waals surface area contributed by atoms with Gasteiger partial charge in [-0.3, -0.25) is 4.79 Å². The topological polar surface area (TPSA) is 35.5 Å². The average Bonchev–Trinajstić information content (AvgIpc) is 2.46. The Morgan fingerprint density at radius 2 is 1.90 bits per heavy atom. The molecule has 3 nitrogen and oxygen atoms in total. The Bertz CT molecular complexity index is 662. The van der Waals surface area contributed by atoms with E-state index in [1.54, 1.807) is 7.11 Å². The van der Waals surface area contributed by atoms with Crippen LogP contribution in [0.4, 0.5) is 0 Å². The summed E-state index contributed by atoms with van der Waals surface area (Å²) in [6.07, 6.45) is 0.981. The minimum absolute atomic E-state index is 0.272. The van der Waals surface area contributed by atoms with Crippen molar-refractivity contribution >= 4 is 16.6 Å². The molecule has 1 unspecified atom stereocenters. The van der Waals surface area contributed by atoms with Crippen molar-refractivity contribution in [3.63, 3.8) is 0 Å². The summed E-state index contributed by atoms with van der Waals surface area (Å²) >= 11 is 0. The van der Waals surface area contributed by atoms with Gasteiger partial charge in [-0.2, -0.15) is 0 Å². The number of hydrogen-bond acceptors (Lipinski definition) is 3. The Kier molecular flexibility index (Phi) is 3.22. The van der Waals surface area contributed by atoms with Gasteiger partial charge < -0.3 is 9.47 Å². The number of carbonyl (C=O) groups is 1. The standard InChI is InChI=1S/C17H18O3/c1-17(11-15(18)7-8-20-17)14-5-3-13-10-16(19-2)6-4-12(13)9-14/h3-6,9-10H,7-8,11H2,1-2H3. The van der Waals surface area contributed by atoms with Crippen molar-refractivity contribution in [2.24, 2.45) is 0 Å². The van der Waals surface area contributed by atoms with E-state index in [0.29, 0.717) is 19.4 Å². The molecule has 2 aromatic rings. The lowest BCUT2D eigenvalue weighted by Gasteiger charge is -2.33.